The minimum absolute atomic E-state index is 0.0206. The fourth-order valence-corrected chi connectivity index (χ4v) is 6.49. The van der Waals surface area contributed by atoms with Crippen molar-refractivity contribution in [1.29, 1.82) is 0 Å². The summed E-state index contributed by atoms with van der Waals surface area (Å²) in [4.78, 5) is 27.6. The Balaban J connectivity index is 1.53. The van der Waals surface area contributed by atoms with E-state index < -0.39 is 58.8 Å². The second kappa shape index (κ2) is 14.0. The van der Waals surface area contributed by atoms with E-state index in [0.29, 0.717) is 12.8 Å². The van der Waals surface area contributed by atoms with Crippen molar-refractivity contribution in [3.05, 3.63) is 69.8 Å². The van der Waals surface area contributed by atoms with E-state index in [4.69, 9.17) is 37.4 Å². The van der Waals surface area contributed by atoms with Crippen LogP contribution in [0, 0.1) is 5.92 Å². The Morgan fingerprint density at radius 2 is 1.69 bits per heavy atom. The third-order valence-electron chi connectivity index (χ3n) is 8.17. The standard InChI is InChI=1S/C33H35Cl2F5N4O5/c1-5-47-23-8-6-7-20(27(23)33(38,39)40)28-21-16-19(34)9-10-22(21)44-29(41-42-30(44)32(35,36)37)24(48-28)17-25(45)43-13-11-18(12-14-43)15-26(46)49-31(2,3)4/h6-10,16,18,24,28H,5,11-15,17H2,1-4H3/t24-,28-/m1/s1. The van der Waals surface area contributed by atoms with Crippen molar-refractivity contribution in [1.82, 2.24) is 19.7 Å². The van der Waals surface area contributed by atoms with Gasteiger partial charge in [-0.1, -0.05) is 23.7 Å². The van der Waals surface area contributed by atoms with Gasteiger partial charge in [-0.2, -0.15) is 22.0 Å². The minimum atomic E-state index is -4.92. The smallest absolute Gasteiger partial charge is 0.420 e. The fourth-order valence-electron chi connectivity index (χ4n) is 6.18. The van der Waals surface area contributed by atoms with Gasteiger partial charge in [0.25, 0.3) is 0 Å². The lowest BCUT2D eigenvalue weighted by Crippen LogP contribution is -2.40. The Morgan fingerprint density at radius 3 is 2.31 bits per heavy atom. The van der Waals surface area contributed by atoms with Crippen molar-refractivity contribution < 1.29 is 45.8 Å². The summed E-state index contributed by atoms with van der Waals surface area (Å²) in [7, 11) is 0. The molecule has 16 heteroatoms. The number of fused-ring (bicyclic) bond motifs is 3. The lowest BCUT2D eigenvalue weighted by atomic mass is 9.93. The summed E-state index contributed by atoms with van der Waals surface area (Å²) in [5, 5.41) is 3.56. The third kappa shape index (κ3) is 8.29. The van der Waals surface area contributed by atoms with Gasteiger partial charge in [0.1, 0.15) is 29.1 Å². The monoisotopic (exact) mass is 732 g/mol. The van der Waals surface area contributed by atoms with Crippen molar-refractivity contribution in [2.75, 3.05) is 19.7 Å². The highest BCUT2D eigenvalue weighted by Crippen LogP contribution is 2.49. The molecule has 2 atom stereocenters. The van der Waals surface area contributed by atoms with E-state index in [1.54, 1.807) is 20.8 Å². The second-order valence-electron chi connectivity index (χ2n) is 12.9. The molecule has 1 aromatic heterocycles. The molecule has 0 spiro atoms. The Hall–Kier alpha value is -3.49. The average Bonchev–Trinajstić information content (AvgIpc) is 3.39. The number of piperidine rings is 1. The van der Waals surface area contributed by atoms with Gasteiger partial charge in [0, 0.05) is 35.7 Å². The SMILES string of the molecule is CCOc1cccc([C@H]2O[C@H](CC(=O)N3CCC(CC(=O)OC(C)(C)C)CC3)c3nnc(C(F)(F)Cl)n3-c3ccc(Cl)cc32)c1C(F)(F)F. The Kier molecular flexibility index (Phi) is 10.5. The van der Waals surface area contributed by atoms with Gasteiger partial charge >= 0.3 is 17.5 Å². The topological polar surface area (TPSA) is 95.8 Å². The number of amides is 1. The van der Waals surface area contributed by atoms with Gasteiger partial charge in [-0.3, -0.25) is 14.2 Å². The van der Waals surface area contributed by atoms with Crippen LogP contribution in [0.4, 0.5) is 22.0 Å². The van der Waals surface area contributed by atoms with Gasteiger partial charge in [0.05, 0.1) is 18.7 Å². The van der Waals surface area contributed by atoms with Gasteiger partial charge < -0.3 is 19.1 Å². The number of rotatable bonds is 8. The zero-order chi connectivity index (χ0) is 35.9. The maximum atomic E-state index is 14.8. The molecule has 0 unspecified atom stereocenters. The third-order valence-corrected chi connectivity index (χ3v) is 8.57. The van der Waals surface area contributed by atoms with Crippen LogP contribution in [-0.2, 0) is 30.6 Å². The number of carbonyl (C=O) groups excluding carboxylic acids is 2. The molecular formula is C33H35Cl2F5N4O5. The van der Waals surface area contributed by atoms with E-state index in [-0.39, 0.29) is 65.7 Å². The van der Waals surface area contributed by atoms with Crippen LogP contribution in [0.15, 0.2) is 36.4 Å². The first kappa shape index (κ1) is 36.8. The first-order valence-corrected chi connectivity index (χ1v) is 16.4. The number of esters is 1. The predicted octanol–water partition coefficient (Wildman–Crippen LogP) is 8.15. The zero-order valence-electron chi connectivity index (χ0n) is 27.1. The number of ether oxygens (including phenoxy) is 3. The van der Waals surface area contributed by atoms with E-state index in [9.17, 15) is 31.5 Å². The summed E-state index contributed by atoms with van der Waals surface area (Å²) < 4.78 is 91.7. The second-order valence-corrected chi connectivity index (χ2v) is 13.8. The number of alkyl halides is 6. The minimum Gasteiger partial charge on any atom is -0.493 e. The Morgan fingerprint density at radius 1 is 1.00 bits per heavy atom. The highest BCUT2D eigenvalue weighted by atomic mass is 35.5. The van der Waals surface area contributed by atoms with Crippen LogP contribution >= 0.6 is 23.2 Å². The molecule has 0 saturated carbocycles. The van der Waals surface area contributed by atoms with Gasteiger partial charge in [0.15, 0.2) is 5.82 Å². The predicted molar refractivity (Wildman–Crippen MR) is 169 cm³/mol. The number of benzene rings is 2. The molecule has 1 saturated heterocycles. The molecule has 3 aromatic rings. The first-order valence-electron chi connectivity index (χ1n) is 15.7. The number of likely N-dealkylation sites (tertiary alicyclic amines) is 1. The number of carbonyl (C=O) groups is 2. The lowest BCUT2D eigenvalue weighted by molar-refractivity contribution is -0.156. The normalized spacial score (nSPS) is 18.8. The molecular weight excluding hydrogens is 698 g/mol. The molecule has 0 aliphatic carbocycles. The maximum absolute atomic E-state index is 14.8. The molecule has 5 rings (SSSR count). The zero-order valence-corrected chi connectivity index (χ0v) is 28.6. The molecule has 0 N–H and O–H groups in total. The van der Waals surface area contributed by atoms with Crippen molar-refractivity contribution in [2.24, 2.45) is 5.92 Å². The van der Waals surface area contributed by atoms with Crippen LogP contribution in [0.2, 0.25) is 5.02 Å². The van der Waals surface area contributed by atoms with E-state index in [1.807, 2.05) is 0 Å². The summed E-state index contributed by atoms with van der Waals surface area (Å²) >= 11 is 11.8. The van der Waals surface area contributed by atoms with Crippen molar-refractivity contribution in [3.8, 4) is 11.4 Å². The maximum Gasteiger partial charge on any atom is 0.420 e. The van der Waals surface area contributed by atoms with Crippen LogP contribution in [-0.4, -0.2) is 56.8 Å². The molecule has 1 amide bonds. The quantitative estimate of drug-likeness (QED) is 0.131. The van der Waals surface area contributed by atoms with E-state index in [2.05, 4.69) is 10.2 Å². The molecule has 0 bridgehead atoms. The van der Waals surface area contributed by atoms with Crippen LogP contribution in [0.1, 0.15) is 93.9 Å². The van der Waals surface area contributed by atoms with Gasteiger partial charge in [-0.15, -0.1) is 10.2 Å². The fraction of sp³-hybridized carbons (Fsp3) is 0.515. The summed E-state index contributed by atoms with van der Waals surface area (Å²) in [5.41, 5.74) is -2.23. The number of halogens is 7. The van der Waals surface area contributed by atoms with Crippen LogP contribution in [0.5, 0.6) is 5.75 Å². The van der Waals surface area contributed by atoms with Crippen molar-refractivity contribution in [3.63, 3.8) is 0 Å². The molecule has 3 heterocycles. The van der Waals surface area contributed by atoms with E-state index >= 15 is 0 Å². The molecule has 9 nitrogen and oxygen atoms in total. The highest BCUT2D eigenvalue weighted by molar-refractivity contribution is 6.30. The molecule has 2 aromatic carbocycles. The Labute approximate surface area is 289 Å². The van der Waals surface area contributed by atoms with E-state index in [1.165, 1.54) is 48.2 Å². The molecule has 2 aliphatic rings. The molecule has 1 fully saturated rings. The lowest BCUT2D eigenvalue weighted by Gasteiger charge is -2.33. The number of nitrogens with zero attached hydrogens (tertiary/aromatic N) is 4. The molecule has 2 aliphatic heterocycles. The van der Waals surface area contributed by atoms with Crippen LogP contribution in [0.25, 0.3) is 5.69 Å². The largest absolute Gasteiger partial charge is 0.493 e. The highest BCUT2D eigenvalue weighted by Gasteiger charge is 2.45. The summed E-state index contributed by atoms with van der Waals surface area (Å²) in [6.07, 6.45) is -7.25. The summed E-state index contributed by atoms with van der Waals surface area (Å²) in [6, 6.07) is 7.71. The summed E-state index contributed by atoms with van der Waals surface area (Å²) in [6.45, 7) is 7.35. The molecule has 266 valence electrons. The van der Waals surface area contributed by atoms with Gasteiger partial charge in [0.2, 0.25) is 11.7 Å². The van der Waals surface area contributed by atoms with E-state index in [0.717, 1.165) is 4.57 Å². The molecule has 49 heavy (non-hydrogen) atoms. The number of hydrogen-bond donors (Lipinski definition) is 0. The van der Waals surface area contributed by atoms with Crippen LogP contribution < -0.4 is 4.74 Å². The summed E-state index contributed by atoms with van der Waals surface area (Å²) in [5.74, 6) is -2.56. The first-order chi connectivity index (χ1) is 22.9. The number of hydrogen-bond acceptors (Lipinski definition) is 7. The Bertz CT molecular complexity index is 1700. The van der Waals surface area contributed by atoms with Crippen molar-refractivity contribution in [2.45, 2.75) is 82.7 Å². The van der Waals surface area contributed by atoms with Gasteiger partial charge in [-0.25, -0.2) is 0 Å². The average molecular weight is 734 g/mol. The number of aromatic nitrogens is 3. The van der Waals surface area contributed by atoms with Crippen molar-refractivity contribution >= 4 is 35.1 Å². The van der Waals surface area contributed by atoms with Crippen LogP contribution in [0.3, 0.4) is 0 Å². The van der Waals surface area contributed by atoms with Gasteiger partial charge in [-0.05, 0) is 82.3 Å². The molecule has 0 radical (unpaired) electrons.